The van der Waals surface area contributed by atoms with E-state index in [9.17, 15) is 0 Å². The summed E-state index contributed by atoms with van der Waals surface area (Å²) < 4.78 is 6.50. The lowest BCUT2D eigenvalue weighted by Gasteiger charge is -2.26. The van der Waals surface area contributed by atoms with Gasteiger partial charge in [0.2, 0.25) is 0 Å². The molecule has 0 radical (unpaired) electrons. The fourth-order valence-electron chi connectivity index (χ4n) is 1.34. The molecule has 0 unspecified atom stereocenters. The van der Waals surface area contributed by atoms with Crippen molar-refractivity contribution >= 4 is 15.9 Å². The zero-order valence-corrected chi connectivity index (χ0v) is 9.25. The summed E-state index contributed by atoms with van der Waals surface area (Å²) in [5, 5.41) is 8.81. The smallest absolute Gasteiger partial charge is 0.121 e. The van der Waals surface area contributed by atoms with Gasteiger partial charge in [0, 0.05) is 4.47 Å². The van der Waals surface area contributed by atoms with E-state index in [0.29, 0.717) is 11.7 Å². The van der Waals surface area contributed by atoms with E-state index < -0.39 is 0 Å². The second-order valence-electron chi connectivity index (χ2n) is 3.42. The predicted octanol–water partition coefficient (Wildman–Crippen LogP) is 3.25. The van der Waals surface area contributed by atoms with Crippen LogP contribution in [0.5, 0.6) is 5.75 Å². The van der Waals surface area contributed by atoms with Gasteiger partial charge >= 0.3 is 0 Å². The molecule has 2 nitrogen and oxygen atoms in total. The van der Waals surface area contributed by atoms with Gasteiger partial charge in [-0.2, -0.15) is 5.26 Å². The average molecular weight is 252 g/mol. The van der Waals surface area contributed by atoms with Crippen LogP contribution in [0, 0.1) is 11.3 Å². The summed E-state index contributed by atoms with van der Waals surface area (Å²) >= 11 is 3.31. The number of ether oxygens (including phenoxy) is 1. The normalized spacial score (nSPS) is 15.7. The SMILES string of the molecule is N#Cc1cc(OC2CCC2)ccc1Br. The number of hydrogen-bond acceptors (Lipinski definition) is 2. The van der Waals surface area contributed by atoms with Crippen LogP contribution in [0.3, 0.4) is 0 Å². The fourth-order valence-corrected chi connectivity index (χ4v) is 1.68. The molecule has 1 aliphatic rings. The number of rotatable bonds is 2. The molecule has 0 aromatic heterocycles. The third-order valence-corrected chi connectivity index (χ3v) is 3.10. The zero-order chi connectivity index (χ0) is 9.97. The highest BCUT2D eigenvalue weighted by atomic mass is 79.9. The Labute approximate surface area is 91.6 Å². The van der Waals surface area contributed by atoms with Gasteiger partial charge in [0.1, 0.15) is 11.8 Å². The molecule has 1 saturated carbocycles. The molecular formula is C11H10BrNO. The second-order valence-corrected chi connectivity index (χ2v) is 4.28. The molecule has 0 heterocycles. The van der Waals surface area contributed by atoms with Crippen LogP contribution < -0.4 is 4.74 Å². The first kappa shape index (κ1) is 9.54. The van der Waals surface area contributed by atoms with Crippen LogP contribution in [0.4, 0.5) is 0 Å². The van der Waals surface area contributed by atoms with Gasteiger partial charge < -0.3 is 4.74 Å². The summed E-state index contributed by atoms with van der Waals surface area (Å²) in [6.45, 7) is 0. The molecule has 0 atom stereocenters. The maximum absolute atomic E-state index is 8.81. The van der Waals surface area contributed by atoms with Gasteiger partial charge in [0.15, 0.2) is 0 Å². The highest BCUT2D eigenvalue weighted by Crippen LogP contribution is 2.27. The molecular weight excluding hydrogens is 242 g/mol. The highest BCUT2D eigenvalue weighted by molar-refractivity contribution is 9.10. The molecule has 0 bridgehead atoms. The van der Waals surface area contributed by atoms with Crippen LogP contribution in [-0.2, 0) is 0 Å². The van der Waals surface area contributed by atoms with E-state index in [1.807, 2.05) is 12.1 Å². The van der Waals surface area contributed by atoms with Crippen LogP contribution in [0.15, 0.2) is 22.7 Å². The van der Waals surface area contributed by atoms with Gasteiger partial charge in [-0.1, -0.05) is 0 Å². The lowest BCUT2D eigenvalue weighted by atomic mass is 9.96. The van der Waals surface area contributed by atoms with Crippen LogP contribution in [0.1, 0.15) is 24.8 Å². The predicted molar refractivity (Wildman–Crippen MR) is 57.1 cm³/mol. The van der Waals surface area contributed by atoms with Crippen molar-refractivity contribution in [1.29, 1.82) is 5.26 Å². The topological polar surface area (TPSA) is 33.0 Å². The number of benzene rings is 1. The van der Waals surface area contributed by atoms with E-state index in [0.717, 1.165) is 23.1 Å². The third-order valence-electron chi connectivity index (χ3n) is 2.41. The van der Waals surface area contributed by atoms with E-state index in [1.54, 1.807) is 6.07 Å². The molecule has 2 rings (SSSR count). The minimum atomic E-state index is 0.364. The second kappa shape index (κ2) is 4.02. The highest BCUT2D eigenvalue weighted by Gasteiger charge is 2.19. The monoisotopic (exact) mass is 251 g/mol. The van der Waals surface area contributed by atoms with Crippen LogP contribution >= 0.6 is 15.9 Å². The Bertz CT molecular complexity index is 379. The number of hydrogen-bond donors (Lipinski definition) is 0. The summed E-state index contributed by atoms with van der Waals surface area (Å²) in [5.74, 6) is 0.800. The molecule has 1 aromatic rings. The van der Waals surface area contributed by atoms with E-state index in [4.69, 9.17) is 10.00 Å². The number of nitrogens with zero attached hydrogens (tertiary/aromatic N) is 1. The van der Waals surface area contributed by atoms with Gasteiger partial charge in [-0.3, -0.25) is 0 Å². The molecule has 1 aromatic carbocycles. The van der Waals surface area contributed by atoms with E-state index in [-0.39, 0.29) is 0 Å². The van der Waals surface area contributed by atoms with Gasteiger partial charge in [-0.15, -0.1) is 0 Å². The van der Waals surface area contributed by atoms with Gasteiger partial charge in [0.25, 0.3) is 0 Å². The lowest BCUT2D eigenvalue weighted by molar-refractivity contribution is 0.120. The van der Waals surface area contributed by atoms with Crippen molar-refractivity contribution in [2.24, 2.45) is 0 Å². The average Bonchev–Trinajstić information content (AvgIpc) is 2.14. The fraction of sp³-hybridized carbons (Fsp3) is 0.364. The zero-order valence-electron chi connectivity index (χ0n) is 7.66. The third kappa shape index (κ3) is 1.91. The van der Waals surface area contributed by atoms with Crippen molar-refractivity contribution in [3.8, 4) is 11.8 Å². The summed E-state index contributed by atoms with van der Waals surface area (Å²) in [4.78, 5) is 0. The molecule has 72 valence electrons. The molecule has 14 heavy (non-hydrogen) atoms. The maximum Gasteiger partial charge on any atom is 0.121 e. The van der Waals surface area contributed by atoms with Crippen LogP contribution in [-0.4, -0.2) is 6.10 Å². The van der Waals surface area contributed by atoms with Gasteiger partial charge in [-0.25, -0.2) is 0 Å². The Hall–Kier alpha value is -1.01. The van der Waals surface area contributed by atoms with Gasteiger partial charge in [0.05, 0.1) is 11.7 Å². The molecule has 1 aliphatic carbocycles. The minimum absolute atomic E-state index is 0.364. The molecule has 0 N–H and O–H groups in total. The summed E-state index contributed by atoms with van der Waals surface area (Å²) in [6, 6.07) is 7.64. The molecule has 3 heteroatoms. The Kier molecular flexibility index (Phi) is 2.74. The summed E-state index contributed by atoms with van der Waals surface area (Å²) in [5.41, 5.74) is 0.627. The van der Waals surface area contributed by atoms with Crippen molar-refractivity contribution in [3.05, 3.63) is 28.2 Å². The Morgan fingerprint density at radius 2 is 2.21 bits per heavy atom. The molecule has 0 aliphatic heterocycles. The van der Waals surface area contributed by atoms with Crippen molar-refractivity contribution in [3.63, 3.8) is 0 Å². The Balaban J connectivity index is 2.14. The number of halogens is 1. The van der Waals surface area contributed by atoms with Gasteiger partial charge in [-0.05, 0) is 53.4 Å². The van der Waals surface area contributed by atoms with E-state index in [2.05, 4.69) is 22.0 Å². The van der Waals surface area contributed by atoms with E-state index >= 15 is 0 Å². The molecule has 0 spiro atoms. The first-order chi connectivity index (χ1) is 6.79. The van der Waals surface area contributed by atoms with Crippen LogP contribution in [0.2, 0.25) is 0 Å². The standard InChI is InChI=1S/C11H10BrNO/c12-11-5-4-10(6-8(11)7-13)14-9-2-1-3-9/h4-6,9H,1-3H2. The minimum Gasteiger partial charge on any atom is -0.490 e. The Morgan fingerprint density at radius 1 is 1.43 bits per heavy atom. The van der Waals surface area contributed by atoms with Crippen molar-refractivity contribution < 1.29 is 4.74 Å². The largest absolute Gasteiger partial charge is 0.490 e. The van der Waals surface area contributed by atoms with Crippen molar-refractivity contribution in [2.75, 3.05) is 0 Å². The molecule has 0 saturated heterocycles. The summed E-state index contributed by atoms with van der Waals surface area (Å²) in [7, 11) is 0. The number of nitriles is 1. The first-order valence-corrected chi connectivity index (χ1v) is 5.45. The van der Waals surface area contributed by atoms with Crippen molar-refractivity contribution in [2.45, 2.75) is 25.4 Å². The molecule has 1 fully saturated rings. The van der Waals surface area contributed by atoms with Crippen molar-refractivity contribution in [1.82, 2.24) is 0 Å². The van der Waals surface area contributed by atoms with E-state index in [1.165, 1.54) is 6.42 Å². The first-order valence-electron chi connectivity index (χ1n) is 4.66. The summed E-state index contributed by atoms with van der Waals surface area (Å²) in [6.07, 6.45) is 3.89. The van der Waals surface area contributed by atoms with Crippen LogP contribution in [0.25, 0.3) is 0 Å². The maximum atomic E-state index is 8.81. The Morgan fingerprint density at radius 3 is 2.79 bits per heavy atom. The molecule has 0 amide bonds. The quantitative estimate of drug-likeness (QED) is 0.809. The lowest BCUT2D eigenvalue weighted by Crippen LogP contribution is -2.24.